The van der Waals surface area contributed by atoms with E-state index in [1.165, 1.54) is 7.05 Å². The fourth-order valence-electron chi connectivity index (χ4n) is 4.05. The van der Waals surface area contributed by atoms with Gasteiger partial charge in [-0.05, 0) is 38.1 Å². The molecule has 2 unspecified atom stereocenters. The van der Waals surface area contributed by atoms with Gasteiger partial charge in [-0.2, -0.15) is 0 Å². The molecule has 0 radical (unpaired) electrons. The standard InChI is InChI=1S/C20H26N6O4/c1-5-29-12-11-25-15-17(23(3)20(28)24(4)18(15)27)26-16(21-22-19(25)26)13-7-9-14(10-8-13)30-6-2/h7-10,15,17H,5-6,11-12H2,1-4H3. The number of amides is 3. The second kappa shape index (κ2) is 7.94. The van der Waals surface area contributed by atoms with Gasteiger partial charge < -0.3 is 19.3 Å². The Kier molecular flexibility index (Phi) is 5.33. The van der Waals surface area contributed by atoms with Crippen molar-refractivity contribution >= 4 is 17.9 Å². The van der Waals surface area contributed by atoms with E-state index in [1.807, 2.05) is 47.6 Å². The lowest BCUT2D eigenvalue weighted by molar-refractivity contribution is -0.133. The van der Waals surface area contributed by atoms with Crippen molar-refractivity contribution in [3.05, 3.63) is 24.3 Å². The predicted molar refractivity (Wildman–Crippen MR) is 109 cm³/mol. The van der Waals surface area contributed by atoms with Crippen LogP contribution >= 0.6 is 0 Å². The van der Waals surface area contributed by atoms with Crippen LogP contribution in [0.1, 0.15) is 20.0 Å². The molecule has 1 aromatic carbocycles. The molecule has 3 heterocycles. The summed E-state index contributed by atoms with van der Waals surface area (Å²) >= 11 is 0. The summed E-state index contributed by atoms with van der Waals surface area (Å²) in [5.74, 6) is 1.65. The maximum absolute atomic E-state index is 13.1. The second-order valence-corrected chi connectivity index (χ2v) is 7.19. The summed E-state index contributed by atoms with van der Waals surface area (Å²) in [5.41, 5.74) is 0.829. The Morgan fingerprint density at radius 1 is 1.03 bits per heavy atom. The lowest BCUT2D eigenvalue weighted by Gasteiger charge is -2.40. The van der Waals surface area contributed by atoms with Crippen LogP contribution in [0.4, 0.5) is 10.7 Å². The zero-order valence-electron chi connectivity index (χ0n) is 17.6. The van der Waals surface area contributed by atoms with Crippen molar-refractivity contribution < 1.29 is 19.1 Å². The van der Waals surface area contributed by atoms with Crippen molar-refractivity contribution in [1.82, 2.24) is 24.6 Å². The molecule has 4 rings (SSSR count). The Hall–Kier alpha value is -3.14. The van der Waals surface area contributed by atoms with E-state index in [9.17, 15) is 9.59 Å². The van der Waals surface area contributed by atoms with Crippen molar-refractivity contribution in [2.45, 2.75) is 26.1 Å². The monoisotopic (exact) mass is 414 g/mol. The highest BCUT2D eigenvalue weighted by atomic mass is 16.5. The number of imide groups is 1. The topological polar surface area (TPSA) is 93.0 Å². The molecule has 3 amide bonds. The quantitative estimate of drug-likeness (QED) is 0.635. The third kappa shape index (κ3) is 3.07. The van der Waals surface area contributed by atoms with Crippen LogP contribution in [0.15, 0.2) is 24.3 Å². The molecule has 1 saturated heterocycles. The highest BCUT2D eigenvalue weighted by Crippen LogP contribution is 2.42. The normalized spacial score (nSPS) is 20.6. The van der Waals surface area contributed by atoms with Gasteiger partial charge >= 0.3 is 6.03 Å². The average molecular weight is 414 g/mol. The van der Waals surface area contributed by atoms with E-state index in [0.29, 0.717) is 38.1 Å². The van der Waals surface area contributed by atoms with Crippen molar-refractivity contribution in [2.75, 3.05) is 45.4 Å². The van der Waals surface area contributed by atoms with Crippen LogP contribution in [-0.2, 0) is 9.53 Å². The van der Waals surface area contributed by atoms with Crippen LogP contribution in [0.2, 0.25) is 0 Å². The Morgan fingerprint density at radius 2 is 1.77 bits per heavy atom. The maximum Gasteiger partial charge on any atom is 0.327 e. The first-order valence-electron chi connectivity index (χ1n) is 10.1. The Morgan fingerprint density at radius 3 is 2.43 bits per heavy atom. The van der Waals surface area contributed by atoms with E-state index in [2.05, 4.69) is 10.2 Å². The number of anilines is 1. The summed E-state index contributed by atoms with van der Waals surface area (Å²) in [6, 6.07) is 6.61. The van der Waals surface area contributed by atoms with Gasteiger partial charge in [0.05, 0.1) is 13.2 Å². The molecule has 30 heavy (non-hydrogen) atoms. The molecule has 0 saturated carbocycles. The van der Waals surface area contributed by atoms with E-state index in [1.54, 1.807) is 11.9 Å². The van der Waals surface area contributed by atoms with Gasteiger partial charge in [0.25, 0.3) is 5.91 Å². The fraction of sp³-hybridized carbons (Fsp3) is 0.500. The molecule has 0 bridgehead atoms. The minimum atomic E-state index is -0.579. The Balaban J connectivity index is 1.77. The summed E-state index contributed by atoms with van der Waals surface area (Å²) in [5, 5.41) is 8.76. The van der Waals surface area contributed by atoms with Crippen LogP contribution in [0.25, 0.3) is 11.4 Å². The molecular weight excluding hydrogens is 388 g/mol. The summed E-state index contributed by atoms with van der Waals surface area (Å²) in [7, 11) is 3.20. The number of hydrogen-bond donors (Lipinski definition) is 0. The molecule has 0 aliphatic carbocycles. The molecule has 2 aliphatic heterocycles. The zero-order valence-corrected chi connectivity index (χ0v) is 17.6. The molecule has 2 atom stereocenters. The number of urea groups is 1. The van der Waals surface area contributed by atoms with Crippen LogP contribution in [0, 0.1) is 0 Å². The maximum atomic E-state index is 13.1. The Labute approximate surface area is 175 Å². The van der Waals surface area contributed by atoms with Crippen LogP contribution in [0.5, 0.6) is 5.75 Å². The largest absolute Gasteiger partial charge is 0.494 e. The summed E-state index contributed by atoms with van der Waals surface area (Å²) in [6.45, 7) is 5.93. The third-order valence-corrected chi connectivity index (χ3v) is 5.49. The van der Waals surface area contributed by atoms with Gasteiger partial charge in [-0.25, -0.2) is 4.79 Å². The zero-order chi connectivity index (χ0) is 21.4. The average Bonchev–Trinajstić information content (AvgIpc) is 3.30. The van der Waals surface area contributed by atoms with Gasteiger partial charge in [0.15, 0.2) is 11.9 Å². The van der Waals surface area contributed by atoms with E-state index < -0.39 is 12.2 Å². The molecule has 0 N–H and O–H groups in total. The van der Waals surface area contributed by atoms with E-state index in [-0.39, 0.29) is 11.9 Å². The minimum Gasteiger partial charge on any atom is -0.494 e. The first-order chi connectivity index (χ1) is 14.5. The van der Waals surface area contributed by atoms with E-state index in [0.717, 1.165) is 16.2 Å². The van der Waals surface area contributed by atoms with Gasteiger partial charge in [0.2, 0.25) is 5.95 Å². The summed E-state index contributed by atoms with van der Waals surface area (Å²) < 4.78 is 12.9. The van der Waals surface area contributed by atoms with Gasteiger partial charge in [0, 0.05) is 32.8 Å². The Bertz CT molecular complexity index is 943. The number of aromatic nitrogens is 3. The first kappa shape index (κ1) is 20.1. The highest BCUT2D eigenvalue weighted by Gasteiger charge is 2.54. The summed E-state index contributed by atoms with van der Waals surface area (Å²) in [6.07, 6.45) is -0.533. The molecule has 10 heteroatoms. The smallest absolute Gasteiger partial charge is 0.327 e. The number of carbonyl (C=O) groups excluding carboxylic acids is 2. The van der Waals surface area contributed by atoms with E-state index in [4.69, 9.17) is 9.47 Å². The van der Waals surface area contributed by atoms with Crippen LogP contribution < -0.4 is 9.64 Å². The number of nitrogens with zero attached hydrogens (tertiary/aromatic N) is 6. The third-order valence-electron chi connectivity index (χ3n) is 5.49. The molecule has 2 aromatic rings. The first-order valence-corrected chi connectivity index (χ1v) is 10.1. The minimum absolute atomic E-state index is 0.261. The number of fused-ring (bicyclic) bond motifs is 3. The van der Waals surface area contributed by atoms with Gasteiger partial charge in [-0.1, -0.05) is 0 Å². The highest BCUT2D eigenvalue weighted by molar-refractivity contribution is 6.02. The van der Waals surface area contributed by atoms with Crippen molar-refractivity contribution in [2.24, 2.45) is 0 Å². The summed E-state index contributed by atoms with van der Waals surface area (Å²) in [4.78, 5) is 30.3. The molecule has 1 fully saturated rings. The predicted octanol–water partition coefficient (Wildman–Crippen LogP) is 1.59. The fourth-order valence-corrected chi connectivity index (χ4v) is 4.05. The lowest BCUT2D eigenvalue weighted by Crippen LogP contribution is -2.61. The van der Waals surface area contributed by atoms with Crippen molar-refractivity contribution in [3.63, 3.8) is 0 Å². The molecule has 0 spiro atoms. The second-order valence-electron chi connectivity index (χ2n) is 7.19. The SMILES string of the molecule is CCOCCN1c2nnc(-c3ccc(OCC)cc3)n2C2C1C(=O)N(C)C(=O)N2C. The van der Waals surface area contributed by atoms with Gasteiger partial charge in [0.1, 0.15) is 11.9 Å². The lowest BCUT2D eigenvalue weighted by atomic mass is 10.1. The van der Waals surface area contributed by atoms with Crippen molar-refractivity contribution in [3.8, 4) is 17.1 Å². The number of likely N-dealkylation sites (N-methyl/N-ethyl adjacent to an activating group) is 2. The van der Waals surface area contributed by atoms with Gasteiger partial charge in [-0.15, -0.1) is 10.2 Å². The van der Waals surface area contributed by atoms with Crippen LogP contribution in [-0.4, -0.2) is 83.0 Å². The number of rotatable bonds is 7. The number of carbonyl (C=O) groups is 2. The molecular formula is C20H26N6O4. The molecule has 2 aliphatic rings. The van der Waals surface area contributed by atoms with E-state index >= 15 is 0 Å². The number of hydrogen-bond acceptors (Lipinski definition) is 7. The molecule has 160 valence electrons. The van der Waals surface area contributed by atoms with Crippen molar-refractivity contribution in [1.29, 1.82) is 0 Å². The molecule has 10 nitrogen and oxygen atoms in total. The number of ether oxygens (including phenoxy) is 2. The number of benzene rings is 1. The molecule has 1 aromatic heterocycles. The van der Waals surface area contributed by atoms with Gasteiger partial charge in [-0.3, -0.25) is 14.3 Å². The van der Waals surface area contributed by atoms with Crippen LogP contribution in [0.3, 0.4) is 0 Å².